The summed E-state index contributed by atoms with van der Waals surface area (Å²) < 4.78 is 13.1. The number of thioether (sulfide) groups is 1. The normalized spacial score (nSPS) is 10.7. The lowest BCUT2D eigenvalue weighted by Gasteiger charge is -2.12. The zero-order valence-electron chi connectivity index (χ0n) is 15.5. The van der Waals surface area contributed by atoms with Gasteiger partial charge in [0, 0.05) is 12.6 Å². The van der Waals surface area contributed by atoms with Crippen LogP contribution >= 0.6 is 11.8 Å². The Morgan fingerprint density at radius 3 is 2.67 bits per heavy atom. The van der Waals surface area contributed by atoms with Crippen LogP contribution in [-0.2, 0) is 20.2 Å². The number of hydrogen-bond donors (Lipinski definition) is 1. The van der Waals surface area contributed by atoms with Gasteiger partial charge in [-0.3, -0.25) is 0 Å². The zero-order valence-corrected chi connectivity index (χ0v) is 16.4. The van der Waals surface area contributed by atoms with Crippen molar-refractivity contribution in [2.45, 2.75) is 18.3 Å². The Kier molecular flexibility index (Phi) is 7.06. The number of ether oxygens (including phenoxy) is 2. The predicted molar refractivity (Wildman–Crippen MR) is 104 cm³/mol. The standard InChI is InChI=1S/C19H23N5O2S/c1-24-19(21-22-23-24)27-11-10-20-13-16-8-9-17(18(12-16)25-2)26-14-15-6-4-3-5-7-15/h3-9,12,20H,10-11,13-14H2,1-2H3/p+1. The summed E-state index contributed by atoms with van der Waals surface area (Å²) >= 11 is 1.65. The van der Waals surface area contributed by atoms with Crippen LogP contribution in [0.2, 0.25) is 0 Å². The number of nitrogens with two attached hydrogens (primary N) is 1. The van der Waals surface area contributed by atoms with Crippen LogP contribution in [-0.4, -0.2) is 39.6 Å². The average Bonchev–Trinajstić information content (AvgIpc) is 3.12. The van der Waals surface area contributed by atoms with Crippen molar-refractivity contribution in [2.75, 3.05) is 19.4 Å². The molecule has 0 unspecified atom stereocenters. The first-order valence-electron chi connectivity index (χ1n) is 8.76. The highest BCUT2D eigenvalue weighted by Crippen LogP contribution is 2.28. The maximum Gasteiger partial charge on any atom is 0.209 e. The summed E-state index contributed by atoms with van der Waals surface area (Å²) in [5.74, 6) is 2.47. The third-order valence-electron chi connectivity index (χ3n) is 3.98. The minimum absolute atomic E-state index is 0.525. The van der Waals surface area contributed by atoms with Gasteiger partial charge in [-0.05, 0) is 34.2 Å². The molecule has 0 saturated carbocycles. The smallest absolute Gasteiger partial charge is 0.209 e. The van der Waals surface area contributed by atoms with Crippen molar-refractivity contribution >= 4 is 11.8 Å². The summed E-state index contributed by atoms with van der Waals surface area (Å²) in [7, 11) is 3.52. The quantitative estimate of drug-likeness (QED) is 0.422. The molecule has 0 spiro atoms. The maximum atomic E-state index is 5.91. The third-order valence-corrected chi connectivity index (χ3v) is 5.02. The Morgan fingerprint density at radius 2 is 1.93 bits per heavy atom. The maximum absolute atomic E-state index is 5.91. The number of rotatable bonds is 10. The van der Waals surface area contributed by atoms with Gasteiger partial charge in [0.05, 0.1) is 19.4 Å². The van der Waals surface area contributed by atoms with Crippen LogP contribution in [0.15, 0.2) is 53.7 Å². The fourth-order valence-corrected chi connectivity index (χ4v) is 3.32. The number of hydrogen-bond acceptors (Lipinski definition) is 6. The van der Waals surface area contributed by atoms with Crippen LogP contribution in [0.5, 0.6) is 11.5 Å². The molecule has 0 amide bonds. The highest BCUT2D eigenvalue weighted by molar-refractivity contribution is 7.99. The molecule has 1 aromatic heterocycles. The lowest BCUT2D eigenvalue weighted by atomic mass is 10.2. The molecule has 1 heterocycles. The Hall–Kier alpha value is -2.58. The number of nitrogens with zero attached hydrogens (tertiary/aromatic N) is 4. The molecule has 7 nitrogen and oxygen atoms in total. The summed E-state index contributed by atoms with van der Waals surface area (Å²) in [6.07, 6.45) is 0. The van der Waals surface area contributed by atoms with Gasteiger partial charge >= 0.3 is 0 Å². The van der Waals surface area contributed by atoms with Gasteiger partial charge in [-0.15, -0.1) is 5.10 Å². The van der Waals surface area contributed by atoms with Crippen LogP contribution in [0.3, 0.4) is 0 Å². The van der Waals surface area contributed by atoms with E-state index in [1.807, 2.05) is 49.5 Å². The number of benzene rings is 2. The fraction of sp³-hybridized carbons (Fsp3) is 0.316. The minimum Gasteiger partial charge on any atom is -0.493 e. The van der Waals surface area contributed by atoms with E-state index in [0.29, 0.717) is 6.61 Å². The van der Waals surface area contributed by atoms with Gasteiger partial charge in [0.15, 0.2) is 11.5 Å². The van der Waals surface area contributed by atoms with Crippen molar-refractivity contribution in [1.82, 2.24) is 20.2 Å². The lowest BCUT2D eigenvalue weighted by molar-refractivity contribution is -0.666. The van der Waals surface area contributed by atoms with E-state index in [4.69, 9.17) is 9.47 Å². The molecule has 2 aromatic carbocycles. The van der Waals surface area contributed by atoms with E-state index in [0.717, 1.165) is 41.1 Å². The van der Waals surface area contributed by atoms with Crippen LogP contribution in [0.1, 0.15) is 11.1 Å². The second kappa shape index (κ2) is 9.94. The van der Waals surface area contributed by atoms with Crippen LogP contribution in [0, 0.1) is 0 Å². The SMILES string of the molecule is COc1cc(C[NH2+]CCSc2nnnn2C)ccc1OCc1ccccc1. The van der Waals surface area contributed by atoms with E-state index in [1.54, 1.807) is 23.6 Å². The Morgan fingerprint density at radius 1 is 1.07 bits per heavy atom. The topological polar surface area (TPSA) is 78.7 Å². The van der Waals surface area contributed by atoms with Gasteiger partial charge in [-0.25, -0.2) is 4.68 Å². The molecule has 2 N–H and O–H groups in total. The molecule has 3 aromatic rings. The molecule has 0 aliphatic rings. The second-order valence-electron chi connectivity index (χ2n) is 5.97. The summed E-state index contributed by atoms with van der Waals surface area (Å²) in [6, 6.07) is 16.2. The molecule has 0 radical (unpaired) electrons. The molecule has 27 heavy (non-hydrogen) atoms. The van der Waals surface area contributed by atoms with Crippen LogP contribution in [0.4, 0.5) is 0 Å². The van der Waals surface area contributed by atoms with E-state index >= 15 is 0 Å². The molecular weight excluding hydrogens is 362 g/mol. The molecule has 0 bridgehead atoms. The Labute approximate surface area is 163 Å². The summed E-state index contributed by atoms with van der Waals surface area (Å²) in [5, 5.41) is 14.5. The van der Waals surface area contributed by atoms with Crippen LogP contribution in [0.25, 0.3) is 0 Å². The number of tetrazole rings is 1. The van der Waals surface area contributed by atoms with Crippen molar-refractivity contribution in [3.05, 3.63) is 59.7 Å². The van der Waals surface area contributed by atoms with Gasteiger partial charge in [0.2, 0.25) is 5.16 Å². The molecule has 142 valence electrons. The van der Waals surface area contributed by atoms with E-state index in [-0.39, 0.29) is 0 Å². The Bertz CT molecular complexity index is 841. The van der Waals surface area contributed by atoms with Crippen molar-refractivity contribution < 1.29 is 14.8 Å². The zero-order chi connectivity index (χ0) is 18.9. The largest absolute Gasteiger partial charge is 0.493 e. The molecule has 8 heteroatoms. The minimum atomic E-state index is 0.525. The van der Waals surface area contributed by atoms with Gasteiger partial charge < -0.3 is 14.8 Å². The highest BCUT2D eigenvalue weighted by atomic mass is 32.2. The molecule has 0 aliphatic carbocycles. The number of quaternary nitrogens is 1. The predicted octanol–water partition coefficient (Wildman–Crippen LogP) is 1.65. The number of methoxy groups -OCH3 is 1. The molecule has 0 aliphatic heterocycles. The molecule has 0 atom stereocenters. The molecule has 0 saturated heterocycles. The average molecular weight is 387 g/mol. The monoisotopic (exact) mass is 386 g/mol. The first kappa shape index (κ1) is 19.2. The summed E-state index contributed by atoms with van der Waals surface area (Å²) in [5.41, 5.74) is 2.33. The van der Waals surface area contributed by atoms with E-state index in [2.05, 4.69) is 26.9 Å². The van der Waals surface area contributed by atoms with Crippen molar-refractivity contribution in [2.24, 2.45) is 7.05 Å². The molecular formula is C19H24N5O2S+. The van der Waals surface area contributed by atoms with Gasteiger partial charge in [0.1, 0.15) is 13.2 Å². The third kappa shape index (κ3) is 5.70. The second-order valence-corrected chi connectivity index (χ2v) is 7.04. The van der Waals surface area contributed by atoms with Gasteiger partial charge in [-0.2, -0.15) is 0 Å². The van der Waals surface area contributed by atoms with Crippen molar-refractivity contribution in [1.29, 1.82) is 0 Å². The fourth-order valence-electron chi connectivity index (χ4n) is 2.54. The summed E-state index contributed by atoms with van der Waals surface area (Å²) in [4.78, 5) is 0. The lowest BCUT2D eigenvalue weighted by Crippen LogP contribution is -2.83. The molecule has 0 fully saturated rings. The summed E-state index contributed by atoms with van der Waals surface area (Å²) in [6.45, 7) is 2.38. The van der Waals surface area contributed by atoms with Crippen molar-refractivity contribution in [3.63, 3.8) is 0 Å². The van der Waals surface area contributed by atoms with E-state index < -0.39 is 0 Å². The Balaban J connectivity index is 1.46. The van der Waals surface area contributed by atoms with E-state index in [9.17, 15) is 0 Å². The van der Waals surface area contributed by atoms with Crippen molar-refractivity contribution in [3.8, 4) is 11.5 Å². The molecule has 3 rings (SSSR count). The first-order chi connectivity index (χ1) is 13.3. The van der Waals surface area contributed by atoms with Gasteiger partial charge in [-0.1, -0.05) is 42.1 Å². The first-order valence-corrected chi connectivity index (χ1v) is 9.75. The highest BCUT2D eigenvalue weighted by Gasteiger charge is 2.08. The number of aromatic nitrogens is 4. The number of aryl methyl sites for hydroxylation is 1. The van der Waals surface area contributed by atoms with E-state index in [1.165, 1.54) is 5.56 Å². The van der Waals surface area contributed by atoms with Gasteiger partial charge in [0.25, 0.3) is 0 Å². The van der Waals surface area contributed by atoms with Crippen LogP contribution < -0.4 is 14.8 Å².